The molecule has 1 aliphatic rings. The van der Waals surface area contributed by atoms with E-state index in [-0.39, 0.29) is 0 Å². The van der Waals surface area contributed by atoms with E-state index in [2.05, 4.69) is 44.3 Å². The zero-order valence-electron chi connectivity index (χ0n) is 14.0. The van der Waals surface area contributed by atoms with Crippen molar-refractivity contribution in [2.75, 3.05) is 19.8 Å². The predicted octanol–water partition coefficient (Wildman–Crippen LogP) is 4.55. The number of hydrogen-bond donors (Lipinski definition) is 1. The van der Waals surface area contributed by atoms with Gasteiger partial charge in [-0.1, -0.05) is 55.5 Å². The van der Waals surface area contributed by atoms with Crippen LogP contribution in [0.5, 0.6) is 0 Å². The number of nitrogens with one attached hydrogen (secondary N) is 1. The van der Waals surface area contributed by atoms with Gasteiger partial charge in [-0.3, -0.25) is 0 Å². The quantitative estimate of drug-likeness (QED) is 0.795. The summed E-state index contributed by atoms with van der Waals surface area (Å²) in [7, 11) is 0. The molecule has 1 aromatic carbocycles. The van der Waals surface area contributed by atoms with Gasteiger partial charge in [0.2, 0.25) is 0 Å². The molecular weight excluding hydrogens is 258 g/mol. The van der Waals surface area contributed by atoms with Crippen LogP contribution >= 0.6 is 0 Å². The summed E-state index contributed by atoms with van der Waals surface area (Å²) < 4.78 is 6.06. The highest BCUT2D eigenvalue weighted by Gasteiger charge is 2.16. The minimum atomic E-state index is 0.317. The van der Waals surface area contributed by atoms with Crippen molar-refractivity contribution in [1.82, 2.24) is 5.32 Å². The van der Waals surface area contributed by atoms with Gasteiger partial charge in [0, 0.05) is 6.61 Å². The first-order chi connectivity index (χ1) is 10.2. The molecule has 1 unspecified atom stereocenters. The number of benzene rings is 1. The van der Waals surface area contributed by atoms with Gasteiger partial charge in [0.15, 0.2) is 0 Å². The van der Waals surface area contributed by atoms with Crippen molar-refractivity contribution in [3.63, 3.8) is 0 Å². The molecule has 1 atom stereocenters. The summed E-state index contributed by atoms with van der Waals surface area (Å²) in [5.41, 5.74) is 4.03. The van der Waals surface area contributed by atoms with E-state index in [1.165, 1.54) is 48.8 Å². The van der Waals surface area contributed by atoms with Crippen molar-refractivity contribution < 1.29 is 4.74 Å². The monoisotopic (exact) mass is 289 g/mol. The third-order valence-corrected chi connectivity index (χ3v) is 4.46. The average Bonchev–Trinajstić information content (AvgIpc) is 2.46. The molecule has 0 heterocycles. The zero-order valence-corrected chi connectivity index (χ0v) is 14.0. The summed E-state index contributed by atoms with van der Waals surface area (Å²) in [6.45, 7) is 9.20. The number of ether oxygens (including phenoxy) is 1. The average molecular weight is 289 g/mol. The lowest BCUT2D eigenvalue weighted by atomic mass is 9.90. The van der Waals surface area contributed by atoms with Crippen LogP contribution in [0.1, 0.15) is 61.8 Å². The zero-order chi connectivity index (χ0) is 15.1. The van der Waals surface area contributed by atoms with Gasteiger partial charge in [-0.25, -0.2) is 0 Å². The second-order valence-corrected chi connectivity index (χ2v) is 6.57. The van der Waals surface area contributed by atoms with Crippen LogP contribution in [0, 0.1) is 19.8 Å². The molecule has 1 aliphatic carbocycles. The van der Waals surface area contributed by atoms with E-state index in [4.69, 9.17) is 4.74 Å². The van der Waals surface area contributed by atoms with Gasteiger partial charge < -0.3 is 10.1 Å². The number of likely N-dealkylation sites (N-methyl/N-ethyl adjacent to an activating group) is 1. The molecule has 2 heteroatoms. The van der Waals surface area contributed by atoms with Gasteiger partial charge in [0.1, 0.15) is 0 Å². The standard InChI is InChI=1S/C19H31NO/c1-4-20-19(18-11-15(2)10-16(3)12-18)14-21-13-17-8-6-5-7-9-17/h10-12,17,19-20H,4-9,13-14H2,1-3H3. The maximum Gasteiger partial charge on any atom is 0.0661 e. The summed E-state index contributed by atoms with van der Waals surface area (Å²) >= 11 is 0. The van der Waals surface area contributed by atoms with Crippen LogP contribution in [-0.2, 0) is 4.74 Å². The Labute approximate surface area is 130 Å². The third kappa shape index (κ3) is 5.44. The number of rotatable bonds is 7. The van der Waals surface area contributed by atoms with E-state index in [0.717, 1.165) is 25.7 Å². The molecule has 0 aliphatic heterocycles. The lowest BCUT2D eigenvalue weighted by Gasteiger charge is -2.24. The topological polar surface area (TPSA) is 21.3 Å². The molecule has 2 rings (SSSR count). The first-order valence-electron chi connectivity index (χ1n) is 8.58. The van der Waals surface area contributed by atoms with Crippen molar-refractivity contribution in [3.05, 3.63) is 34.9 Å². The lowest BCUT2D eigenvalue weighted by Crippen LogP contribution is -2.27. The second-order valence-electron chi connectivity index (χ2n) is 6.57. The third-order valence-electron chi connectivity index (χ3n) is 4.46. The van der Waals surface area contributed by atoms with Crippen LogP contribution < -0.4 is 5.32 Å². The molecule has 0 aromatic heterocycles. The summed E-state index contributed by atoms with van der Waals surface area (Å²) in [6, 6.07) is 7.11. The van der Waals surface area contributed by atoms with Crippen LogP contribution in [-0.4, -0.2) is 19.8 Å². The highest BCUT2D eigenvalue weighted by atomic mass is 16.5. The Morgan fingerprint density at radius 1 is 1.10 bits per heavy atom. The molecule has 1 fully saturated rings. The van der Waals surface area contributed by atoms with Crippen LogP contribution in [0.2, 0.25) is 0 Å². The van der Waals surface area contributed by atoms with E-state index in [1.54, 1.807) is 0 Å². The SMILES string of the molecule is CCNC(COCC1CCCCC1)c1cc(C)cc(C)c1. The van der Waals surface area contributed by atoms with Gasteiger partial charge in [0.05, 0.1) is 12.6 Å². The maximum atomic E-state index is 6.06. The predicted molar refractivity (Wildman–Crippen MR) is 89.7 cm³/mol. The molecule has 21 heavy (non-hydrogen) atoms. The van der Waals surface area contributed by atoms with E-state index >= 15 is 0 Å². The van der Waals surface area contributed by atoms with Gasteiger partial charge >= 0.3 is 0 Å². The van der Waals surface area contributed by atoms with Crippen molar-refractivity contribution >= 4 is 0 Å². The molecule has 0 radical (unpaired) electrons. The highest BCUT2D eigenvalue weighted by Crippen LogP contribution is 2.24. The molecule has 2 nitrogen and oxygen atoms in total. The van der Waals surface area contributed by atoms with Crippen LogP contribution in [0.4, 0.5) is 0 Å². The fraction of sp³-hybridized carbons (Fsp3) is 0.684. The largest absolute Gasteiger partial charge is 0.379 e. The Morgan fingerprint density at radius 2 is 1.76 bits per heavy atom. The molecule has 1 N–H and O–H groups in total. The fourth-order valence-electron chi connectivity index (χ4n) is 3.44. The minimum Gasteiger partial charge on any atom is -0.379 e. The Balaban J connectivity index is 1.88. The lowest BCUT2D eigenvalue weighted by molar-refractivity contribution is 0.0696. The summed E-state index contributed by atoms with van der Waals surface area (Å²) in [4.78, 5) is 0. The molecule has 0 saturated heterocycles. The van der Waals surface area contributed by atoms with Gasteiger partial charge in [-0.15, -0.1) is 0 Å². The molecule has 0 spiro atoms. The normalized spacial score (nSPS) is 17.9. The van der Waals surface area contributed by atoms with Crippen LogP contribution in [0.15, 0.2) is 18.2 Å². The van der Waals surface area contributed by atoms with Crippen LogP contribution in [0.3, 0.4) is 0 Å². The molecule has 0 amide bonds. The molecule has 1 aromatic rings. The van der Waals surface area contributed by atoms with Gasteiger partial charge in [-0.2, -0.15) is 0 Å². The Bertz CT molecular complexity index is 403. The number of hydrogen-bond acceptors (Lipinski definition) is 2. The smallest absolute Gasteiger partial charge is 0.0661 e. The van der Waals surface area contributed by atoms with E-state index in [9.17, 15) is 0 Å². The fourth-order valence-corrected chi connectivity index (χ4v) is 3.44. The maximum absolute atomic E-state index is 6.06. The Hall–Kier alpha value is -0.860. The van der Waals surface area contributed by atoms with Crippen molar-refractivity contribution in [2.24, 2.45) is 5.92 Å². The van der Waals surface area contributed by atoms with E-state index < -0.39 is 0 Å². The Morgan fingerprint density at radius 3 is 2.38 bits per heavy atom. The summed E-state index contributed by atoms with van der Waals surface area (Å²) in [5, 5.41) is 3.57. The molecule has 0 bridgehead atoms. The van der Waals surface area contributed by atoms with Crippen molar-refractivity contribution in [2.45, 2.75) is 58.9 Å². The summed E-state index contributed by atoms with van der Waals surface area (Å²) in [6.07, 6.45) is 6.91. The second kappa shape index (κ2) is 8.55. The first kappa shape index (κ1) is 16.5. The van der Waals surface area contributed by atoms with Gasteiger partial charge in [0.25, 0.3) is 0 Å². The molecule has 1 saturated carbocycles. The highest BCUT2D eigenvalue weighted by molar-refractivity contribution is 5.30. The van der Waals surface area contributed by atoms with Crippen LogP contribution in [0.25, 0.3) is 0 Å². The van der Waals surface area contributed by atoms with Gasteiger partial charge in [-0.05, 0) is 44.7 Å². The van der Waals surface area contributed by atoms with Crippen molar-refractivity contribution in [1.29, 1.82) is 0 Å². The number of aryl methyl sites for hydroxylation is 2. The van der Waals surface area contributed by atoms with E-state index in [1.807, 2.05) is 0 Å². The summed E-state index contributed by atoms with van der Waals surface area (Å²) in [5.74, 6) is 0.792. The van der Waals surface area contributed by atoms with Crippen molar-refractivity contribution in [3.8, 4) is 0 Å². The first-order valence-corrected chi connectivity index (χ1v) is 8.58. The molecule has 118 valence electrons. The minimum absolute atomic E-state index is 0.317. The molecular formula is C19H31NO. The van der Waals surface area contributed by atoms with E-state index in [0.29, 0.717) is 6.04 Å². The Kier molecular flexibility index (Phi) is 6.72.